The molecule has 1 aliphatic rings. The lowest BCUT2D eigenvalue weighted by Gasteiger charge is -2.16. The van der Waals surface area contributed by atoms with E-state index in [0.717, 1.165) is 31.6 Å². The number of nitrogens with two attached hydrogens (primary N) is 1. The van der Waals surface area contributed by atoms with Crippen molar-refractivity contribution in [2.24, 2.45) is 11.7 Å². The van der Waals surface area contributed by atoms with E-state index < -0.39 is 0 Å². The van der Waals surface area contributed by atoms with Gasteiger partial charge in [0.2, 0.25) is 0 Å². The molecular weight excluding hydrogens is 198 g/mol. The minimum absolute atomic E-state index is 0.376. The Labute approximate surface area is 97.8 Å². The van der Waals surface area contributed by atoms with Crippen molar-refractivity contribution in [3.63, 3.8) is 0 Å². The zero-order valence-electron chi connectivity index (χ0n) is 9.99. The molecule has 2 N–H and O–H groups in total. The highest BCUT2D eigenvalue weighted by molar-refractivity contribution is 5.33. The summed E-state index contributed by atoms with van der Waals surface area (Å²) in [4.78, 5) is 0. The van der Waals surface area contributed by atoms with Crippen molar-refractivity contribution in [3.8, 4) is 5.75 Å². The maximum atomic E-state index is 6.07. The first-order valence-electron chi connectivity index (χ1n) is 6.28. The van der Waals surface area contributed by atoms with Crippen molar-refractivity contribution in [2.75, 3.05) is 6.54 Å². The van der Waals surface area contributed by atoms with Gasteiger partial charge in [0.1, 0.15) is 5.75 Å². The molecular formula is C14H21NO. The summed E-state index contributed by atoms with van der Waals surface area (Å²) in [6.07, 6.45) is 4.90. The second-order valence-electron chi connectivity index (χ2n) is 4.62. The summed E-state index contributed by atoms with van der Waals surface area (Å²) >= 11 is 0. The van der Waals surface area contributed by atoms with E-state index in [-0.39, 0.29) is 0 Å². The fourth-order valence-electron chi connectivity index (χ4n) is 2.44. The van der Waals surface area contributed by atoms with Gasteiger partial charge >= 0.3 is 0 Å². The Balaban J connectivity index is 1.99. The van der Waals surface area contributed by atoms with E-state index in [0.29, 0.717) is 12.0 Å². The molecule has 0 bridgehead atoms. The van der Waals surface area contributed by atoms with Crippen LogP contribution in [-0.2, 0) is 6.42 Å². The number of aryl methyl sites for hydroxylation is 1. The Bertz CT molecular complexity index is 337. The first kappa shape index (κ1) is 11.5. The van der Waals surface area contributed by atoms with Gasteiger partial charge < -0.3 is 10.5 Å². The topological polar surface area (TPSA) is 35.2 Å². The number of ether oxygens (including phenoxy) is 1. The molecule has 1 saturated carbocycles. The van der Waals surface area contributed by atoms with Crippen molar-refractivity contribution in [1.29, 1.82) is 0 Å². The molecule has 1 aromatic rings. The Kier molecular flexibility index (Phi) is 3.83. The lowest BCUT2D eigenvalue weighted by Crippen LogP contribution is -2.16. The van der Waals surface area contributed by atoms with Crippen molar-refractivity contribution < 1.29 is 4.74 Å². The summed E-state index contributed by atoms with van der Waals surface area (Å²) in [6.45, 7) is 2.97. The summed E-state index contributed by atoms with van der Waals surface area (Å²) in [5.74, 6) is 1.73. The van der Waals surface area contributed by atoms with Gasteiger partial charge in [-0.3, -0.25) is 0 Å². The SMILES string of the molecule is CCc1ccccc1OC1CCC(CN)C1. The summed E-state index contributed by atoms with van der Waals surface area (Å²) in [7, 11) is 0. The molecule has 1 fully saturated rings. The van der Waals surface area contributed by atoms with Gasteiger partial charge in [-0.15, -0.1) is 0 Å². The minimum Gasteiger partial charge on any atom is -0.490 e. The molecule has 0 saturated heterocycles. The molecule has 0 radical (unpaired) electrons. The number of hydrogen-bond acceptors (Lipinski definition) is 2. The highest BCUT2D eigenvalue weighted by atomic mass is 16.5. The number of hydrogen-bond donors (Lipinski definition) is 1. The quantitative estimate of drug-likeness (QED) is 0.845. The fraction of sp³-hybridized carbons (Fsp3) is 0.571. The third kappa shape index (κ3) is 2.56. The van der Waals surface area contributed by atoms with Crippen molar-refractivity contribution >= 4 is 0 Å². The highest BCUT2D eigenvalue weighted by Crippen LogP contribution is 2.30. The third-order valence-corrected chi connectivity index (χ3v) is 3.47. The monoisotopic (exact) mass is 219 g/mol. The third-order valence-electron chi connectivity index (χ3n) is 3.47. The first-order chi connectivity index (χ1) is 7.83. The standard InChI is InChI=1S/C14H21NO/c1-2-12-5-3-4-6-14(12)16-13-8-7-11(9-13)10-15/h3-6,11,13H,2,7-10,15H2,1H3. The van der Waals surface area contributed by atoms with Gasteiger partial charge in [-0.2, -0.15) is 0 Å². The number of para-hydroxylation sites is 1. The average molecular weight is 219 g/mol. The van der Waals surface area contributed by atoms with Crippen LogP contribution in [0.5, 0.6) is 5.75 Å². The van der Waals surface area contributed by atoms with E-state index >= 15 is 0 Å². The fourth-order valence-corrected chi connectivity index (χ4v) is 2.44. The smallest absolute Gasteiger partial charge is 0.122 e. The van der Waals surface area contributed by atoms with Crippen LogP contribution in [0.4, 0.5) is 0 Å². The molecule has 0 aliphatic heterocycles. The Hall–Kier alpha value is -1.02. The predicted molar refractivity (Wildman–Crippen MR) is 66.6 cm³/mol. The molecule has 0 heterocycles. The van der Waals surface area contributed by atoms with Crippen LogP contribution in [0.15, 0.2) is 24.3 Å². The van der Waals surface area contributed by atoms with Crippen LogP contribution in [0.1, 0.15) is 31.7 Å². The summed E-state index contributed by atoms with van der Waals surface area (Å²) in [5, 5.41) is 0. The van der Waals surface area contributed by atoms with E-state index in [1.54, 1.807) is 0 Å². The van der Waals surface area contributed by atoms with Gasteiger partial charge in [-0.25, -0.2) is 0 Å². The maximum absolute atomic E-state index is 6.07. The van der Waals surface area contributed by atoms with Crippen LogP contribution in [0, 0.1) is 5.92 Å². The Morgan fingerprint density at radius 3 is 2.81 bits per heavy atom. The molecule has 2 heteroatoms. The van der Waals surface area contributed by atoms with Crippen molar-refractivity contribution in [1.82, 2.24) is 0 Å². The van der Waals surface area contributed by atoms with Gasteiger partial charge in [0.25, 0.3) is 0 Å². The average Bonchev–Trinajstić information content (AvgIpc) is 2.77. The summed E-state index contributed by atoms with van der Waals surface area (Å²) in [6, 6.07) is 8.34. The largest absolute Gasteiger partial charge is 0.490 e. The number of benzene rings is 1. The van der Waals surface area contributed by atoms with E-state index in [2.05, 4.69) is 25.1 Å². The van der Waals surface area contributed by atoms with Gasteiger partial charge in [0.15, 0.2) is 0 Å². The van der Waals surface area contributed by atoms with Gasteiger partial charge in [-0.1, -0.05) is 25.1 Å². The van der Waals surface area contributed by atoms with E-state index in [1.807, 2.05) is 6.07 Å². The number of rotatable bonds is 4. The zero-order chi connectivity index (χ0) is 11.4. The molecule has 0 spiro atoms. The van der Waals surface area contributed by atoms with E-state index in [4.69, 9.17) is 10.5 Å². The first-order valence-corrected chi connectivity index (χ1v) is 6.28. The van der Waals surface area contributed by atoms with Crippen LogP contribution < -0.4 is 10.5 Å². The van der Waals surface area contributed by atoms with Crippen LogP contribution >= 0.6 is 0 Å². The van der Waals surface area contributed by atoms with Gasteiger partial charge in [0.05, 0.1) is 6.10 Å². The van der Waals surface area contributed by atoms with Crippen molar-refractivity contribution in [3.05, 3.63) is 29.8 Å². The molecule has 1 aliphatic carbocycles. The predicted octanol–water partition coefficient (Wildman–Crippen LogP) is 2.76. The summed E-state index contributed by atoms with van der Waals surface area (Å²) in [5.41, 5.74) is 6.99. The van der Waals surface area contributed by atoms with E-state index in [1.165, 1.54) is 12.0 Å². The van der Waals surface area contributed by atoms with Crippen LogP contribution in [0.25, 0.3) is 0 Å². The van der Waals surface area contributed by atoms with Crippen molar-refractivity contribution in [2.45, 2.75) is 38.7 Å². The lowest BCUT2D eigenvalue weighted by atomic mass is 10.1. The summed E-state index contributed by atoms with van der Waals surface area (Å²) < 4.78 is 6.07. The molecule has 16 heavy (non-hydrogen) atoms. The highest BCUT2D eigenvalue weighted by Gasteiger charge is 2.25. The van der Waals surface area contributed by atoms with Gasteiger partial charge in [-0.05, 0) is 49.8 Å². The second kappa shape index (κ2) is 5.35. The van der Waals surface area contributed by atoms with Crippen LogP contribution in [0.2, 0.25) is 0 Å². The lowest BCUT2D eigenvalue weighted by molar-refractivity contribution is 0.203. The normalized spacial score (nSPS) is 24.6. The molecule has 2 atom stereocenters. The molecule has 2 rings (SSSR count). The zero-order valence-corrected chi connectivity index (χ0v) is 9.99. The molecule has 2 unspecified atom stereocenters. The Morgan fingerprint density at radius 2 is 2.12 bits per heavy atom. The molecule has 1 aromatic carbocycles. The second-order valence-corrected chi connectivity index (χ2v) is 4.62. The van der Waals surface area contributed by atoms with Crippen LogP contribution in [-0.4, -0.2) is 12.6 Å². The van der Waals surface area contributed by atoms with Crippen LogP contribution in [0.3, 0.4) is 0 Å². The molecule has 88 valence electrons. The Morgan fingerprint density at radius 1 is 1.31 bits per heavy atom. The molecule has 0 aromatic heterocycles. The molecule has 2 nitrogen and oxygen atoms in total. The van der Waals surface area contributed by atoms with Gasteiger partial charge in [0, 0.05) is 0 Å². The minimum atomic E-state index is 0.376. The van der Waals surface area contributed by atoms with E-state index in [9.17, 15) is 0 Å². The molecule has 0 amide bonds. The maximum Gasteiger partial charge on any atom is 0.122 e.